The summed E-state index contributed by atoms with van der Waals surface area (Å²) >= 11 is 1.82. The second-order valence-corrected chi connectivity index (χ2v) is 6.32. The highest BCUT2D eigenvalue weighted by Gasteiger charge is 2.03. The fourth-order valence-electron chi connectivity index (χ4n) is 1.65. The van der Waals surface area contributed by atoms with Crippen LogP contribution in [0, 0.1) is 5.92 Å². The summed E-state index contributed by atoms with van der Waals surface area (Å²) in [5, 5.41) is 6.98. The summed E-state index contributed by atoms with van der Waals surface area (Å²) in [4.78, 5) is 4.69. The first-order valence-corrected chi connectivity index (χ1v) is 7.62. The predicted octanol–water partition coefficient (Wildman–Crippen LogP) is 3.66. The Morgan fingerprint density at radius 1 is 1.24 bits per heavy atom. The van der Waals surface area contributed by atoms with E-state index in [1.54, 1.807) is 0 Å². The van der Waals surface area contributed by atoms with E-state index in [1.807, 2.05) is 11.3 Å². The number of nitrogens with one attached hydrogen (secondary N) is 1. The number of hydrogen-bond donors (Lipinski definition) is 1. The van der Waals surface area contributed by atoms with Crippen LogP contribution in [-0.2, 0) is 12.8 Å². The molecule has 98 valence electrons. The number of thiazole rings is 1. The summed E-state index contributed by atoms with van der Waals surface area (Å²) < 4.78 is 0. The second kappa shape index (κ2) is 7.83. The van der Waals surface area contributed by atoms with E-state index in [0.29, 0.717) is 6.04 Å². The fraction of sp³-hybridized carbons (Fsp3) is 0.786. The molecule has 1 aromatic rings. The summed E-state index contributed by atoms with van der Waals surface area (Å²) in [5.41, 5.74) is 1.28. The predicted molar refractivity (Wildman–Crippen MR) is 76.7 cm³/mol. The van der Waals surface area contributed by atoms with Crippen molar-refractivity contribution in [1.29, 1.82) is 0 Å². The Bertz CT molecular complexity index is 305. The van der Waals surface area contributed by atoms with Crippen LogP contribution in [-0.4, -0.2) is 17.6 Å². The molecule has 0 saturated heterocycles. The highest BCUT2D eigenvalue weighted by Crippen LogP contribution is 2.15. The zero-order valence-electron chi connectivity index (χ0n) is 11.6. The number of hydrogen-bond acceptors (Lipinski definition) is 3. The van der Waals surface area contributed by atoms with Gasteiger partial charge in [0.15, 0.2) is 0 Å². The Hall–Kier alpha value is -0.410. The molecule has 0 saturated carbocycles. The highest BCUT2D eigenvalue weighted by atomic mass is 32.1. The van der Waals surface area contributed by atoms with Gasteiger partial charge in [0.1, 0.15) is 0 Å². The van der Waals surface area contributed by atoms with Crippen LogP contribution in [0.15, 0.2) is 5.38 Å². The molecule has 0 aliphatic rings. The van der Waals surface area contributed by atoms with E-state index in [4.69, 9.17) is 0 Å². The molecule has 0 bridgehead atoms. The quantitative estimate of drug-likeness (QED) is 0.716. The number of nitrogens with zero attached hydrogens (tertiary/aromatic N) is 1. The van der Waals surface area contributed by atoms with Crippen molar-refractivity contribution in [2.24, 2.45) is 5.92 Å². The van der Waals surface area contributed by atoms with E-state index in [1.165, 1.54) is 23.5 Å². The van der Waals surface area contributed by atoms with Crippen LogP contribution in [0.4, 0.5) is 0 Å². The van der Waals surface area contributed by atoms with Gasteiger partial charge in [0.05, 0.1) is 10.7 Å². The first-order chi connectivity index (χ1) is 8.08. The second-order valence-electron chi connectivity index (χ2n) is 5.38. The van der Waals surface area contributed by atoms with Crippen LogP contribution in [0.3, 0.4) is 0 Å². The summed E-state index contributed by atoms with van der Waals surface area (Å²) in [5.74, 6) is 0.776. The molecule has 1 N–H and O–H groups in total. The Kier molecular flexibility index (Phi) is 6.75. The van der Waals surface area contributed by atoms with Gasteiger partial charge in [-0.15, -0.1) is 11.3 Å². The standard InChI is InChI=1S/C14H26N2S/c1-11(2)7-8-14-16-13(10-17-14)6-5-9-15-12(3)4/h10-12,15H,5-9H2,1-4H3. The molecule has 1 rings (SSSR count). The minimum atomic E-state index is 0.590. The van der Waals surface area contributed by atoms with Crippen LogP contribution < -0.4 is 5.32 Å². The summed E-state index contributed by atoms with van der Waals surface area (Å²) in [6, 6.07) is 0.590. The Morgan fingerprint density at radius 2 is 2.00 bits per heavy atom. The van der Waals surface area contributed by atoms with Crippen molar-refractivity contribution in [2.75, 3.05) is 6.54 Å². The van der Waals surface area contributed by atoms with Gasteiger partial charge in [0.25, 0.3) is 0 Å². The third kappa shape index (κ3) is 6.79. The summed E-state index contributed by atoms with van der Waals surface area (Å²) in [6.07, 6.45) is 4.69. The average Bonchev–Trinajstić information content (AvgIpc) is 2.69. The van der Waals surface area contributed by atoms with Gasteiger partial charge in [-0.25, -0.2) is 4.98 Å². The number of rotatable bonds is 8. The van der Waals surface area contributed by atoms with Crippen molar-refractivity contribution in [3.63, 3.8) is 0 Å². The topological polar surface area (TPSA) is 24.9 Å². The van der Waals surface area contributed by atoms with Crippen LogP contribution in [0.25, 0.3) is 0 Å². The molecule has 1 heterocycles. The summed E-state index contributed by atoms with van der Waals surface area (Å²) in [6.45, 7) is 10.0. The largest absolute Gasteiger partial charge is 0.315 e. The van der Waals surface area contributed by atoms with Crippen LogP contribution in [0.1, 0.15) is 51.2 Å². The normalized spacial score (nSPS) is 11.6. The van der Waals surface area contributed by atoms with Crippen molar-refractivity contribution in [2.45, 2.75) is 59.4 Å². The van der Waals surface area contributed by atoms with Crippen molar-refractivity contribution >= 4 is 11.3 Å². The van der Waals surface area contributed by atoms with Crippen LogP contribution in [0.5, 0.6) is 0 Å². The van der Waals surface area contributed by atoms with E-state index in [2.05, 4.69) is 43.4 Å². The molecule has 0 atom stereocenters. The maximum atomic E-state index is 4.69. The molecule has 17 heavy (non-hydrogen) atoms. The molecule has 0 spiro atoms. The molecular weight excluding hydrogens is 228 g/mol. The van der Waals surface area contributed by atoms with E-state index >= 15 is 0 Å². The molecule has 0 amide bonds. The van der Waals surface area contributed by atoms with Gasteiger partial charge < -0.3 is 5.32 Å². The molecule has 0 aliphatic heterocycles. The fourth-order valence-corrected chi connectivity index (χ4v) is 2.50. The Balaban J connectivity index is 2.21. The van der Waals surface area contributed by atoms with Gasteiger partial charge in [-0.05, 0) is 38.1 Å². The Morgan fingerprint density at radius 3 is 2.65 bits per heavy atom. The van der Waals surface area contributed by atoms with E-state index in [9.17, 15) is 0 Å². The first kappa shape index (κ1) is 14.7. The lowest BCUT2D eigenvalue weighted by Gasteiger charge is -2.06. The van der Waals surface area contributed by atoms with Gasteiger partial charge in [-0.1, -0.05) is 27.7 Å². The van der Waals surface area contributed by atoms with Crippen molar-refractivity contribution < 1.29 is 0 Å². The molecule has 0 fully saturated rings. The monoisotopic (exact) mass is 254 g/mol. The first-order valence-electron chi connectivity index (χ1n) is 6.74. The summed E-state index contributed by atoms with van der Waals surface area (Å²) in [7, 11) is 0. The minimum Gasteiger partial charge on any atom is -0.315 e. The third-order valence-electron chi connectivity index (χ3n) is 2.70. The molecule has 2 nitrogen and oxygen atoms in total. The van der Waals surface area contributed by atoms with Crippen molar-refractivity contribution in [3.8, 4) is 0 Å². The zero-order chi connectivity index (χ0) is 12.7. The number of aromatic nitrogens is 1. The lowest BCUT2D eigenvalue weighted by Crippen LogP contribution is -2.23. The molecule has 0 aromatic carbocycles. The van der Waals surface area contributed by atoms with Gasteiger partial charge >= 0.3 is 0 Å². The van der Waals surface area contributed by atoms with Crippen LogP contribution in [0.2, 0.25) is 0 Å². The smallest absolute Gasteiger partial charge is 0.0928 e. The molecule has 1 aromatic heterocycles. The third-order valence-corrected chi connectivity index (χ3v) is 3.65. The molecular formula is C14H26N2S. The highest BCUT2D eigenvalue weighted by molar-refractivity contribution is 7.09. The van der Waals surface area contributed by atoms with E-state index in [0.717, 1.165) is 25.3 Å². The van der Waals surface area contributed by atoms with Crippen molar-refractivity contribution in [1.82, 2.24) is 10.3 Å². The van der Waals surface area contributed by atoms with E-state index < -0.39 is 0 Å². The molecule has 0 radical (unpaired) electrons. The van der Waals surface area contributed by atoms with Gasteiger partial charge in [0.2, 0.25) is 0 Å². The molecule has 0 unspecified atom stereocenters. The maximum Gasteiger partial charge on any atom is 0.0928 e. The lowest BCUT2D eigenvalue weighted by atomic mass is 10.1. The van der Waals surface area contributed by atoms with Crippen molar-refractivity contribution in [3.05, 3.63) is 16.1 Å². The SMILES string of the molecule is CC(C)CCc1nc(CCCNC(C)C)cs1. The van der Waals surface area contributed by atoms with E-state index in [-0.39, 0.29) is 0 Å². The van der Waals surface area contributed by atoms with Gasteiger partial charge in [-0.3, -0.25) is 0 Å². The zero-order valence-corrected chi connectivity index (χ0v) is 12.4. The molecule has 0 aliphatic carbocycles. The number of aryl methyl sites for hydroxylation is 2. The average molecular weight is 254 g/mol. The lowest BCUT2D eigenvalue weighted by molar-refractivity contribution is 0.567. The van der Waals surface area contributed by atoms with Gasteiger partial charge in [-0.2, -0.15) is 0 Å². The Labute approximate surface area is 110 Å². The van der Waals surface area contributed by atoms with Crippen LogP contribution >= 0.6 is 11.3 Å². The van der Waals surface area contributed by atoms with Gasteiger partial charge in [0, 0.05) is 11.4 Å². The maximum absolute atomic E-state index is 4.69. The minimum absolute atomic E-state index is 0.590. The molecule has 3 heteroatoms.